The molecule has 2 aliphatic carbocycles. The van der Waals surface area contributed by atoms with Crippen LogP contribution in [0.3, 0.4) is 0 Å². The zero-order chi connectivity index (χ0) is 15.2. The number of carbonyl (C=O) groups is 1. The first-order valence-electron chi connectivity index (χ1n) is 7.48. The normalized spacial score (nSPS) is 35.9. The fraction of sp³-hybridized carbons (Fsp3) is 0.933. The number of alkyl halides is 3. The number of halogens is 3. The van der Waals surface area contributed by atoms with Gasteiger partial charge in [-0.3, -0.25) is 4.79 Å². The summed E-state index contributed by atoms with van der Waals surface area (Å²) in [6.45, 7) is 4.24. The van der Waals surface area contributed by atoms with Gasteiger partial charge in [0.1, 0.15) is 5.60 Å². The third-order valence-corrected chi connectivity index (χ3v) is 5.60. The number of rotatable bonds is 4. The van der Waals surface area contributed by atoms with Gasteiger partial charge in [0.2, 0.25) is 0 Å². The maximum absolute atomic E-state index is 13.1. The minimum Gasteiger partial charge on any atom is -0.458 e. The van der Waals surface area contributed by atoms with E-state index in [4.69, 9.17) is 4.74 Å². The Bertz CT molecular complexity index is 393. The van der Waals surface area contributed by atoms with Crippen LogP contribution < -0.4 is 0 Å². The van der Waals surface area contributed by atoms with Gasteiger partial charge in [0.25, 0.3) is 0 Å². The molecule has 2 bridgehead atoms. The summed E-state index contributed by atoms with van der Waals surface area (Å²) >= 11 is 0. The van der Waals surface area contributed by atoms with Crippen molar-refractivity contribution in [2.45, 2.75) is 71.1 Å². The Labute approximate surface area is 118 Å². The summed E-state index contributed by atoms with van der Waals surface area (Å²) in [5, 5.41) is 0. The van der Waals surface area contributed by atoms with Gasteiger partial charge in [-0.25, -0.2) is 0 Å². The maximum atomic E-state index is 13.1. The molecule has 0 aromatic heterocycles. The molecule has 0 aliphatic heterocycles. The molecular formula is C15H23F3O2. The fourth-order valence-corrected chi connectivity index (χ4v) is 3.78. The maximum Gasteiger partial charge on any atom is 0.404 e. The monoisotopic (exact) mass is 292 g/mol. The number of ether oxygens (including phenoxy) is 1. The predicted molar refractivity (Wildman–Crippen MR) is 69.0 cm³/mol. The summed E-state index contributed by atoms with van der Waals surface area (Å²) in [6.07, 6.45) is -0.422. The zero-order valence-corrected chi connectivity index (χ0v) is 12.3. The molecule has 2 aliphatic rings. The Morgan fingerprint density at radius 2 is 1.95 bits per heavy atom. The molecule has 0 amide bonds. The Morgan fingerprint density at radius 3 is 2.30 bits per heavy atom. The molecule has 2 fully saturated rings. The van der Waals surface area contributed by atoms with Gasteiger partial charge in [0, 0.05) is 0 Å². The molecule has 20 heavy (non-hydrogen) atoms. The summed E-state index contributed by atoms with van der Waals surface area (Å²) < 4.78 is 44.9. The van der Waals surface area contributed by atoms with Gasteiger partial charge in [0.15, 0.2) is 5.41 Å². The Kier molecular flexibility index (Phi) is 3.85. The van der Waals surface area contributed by atoms with E-state index in [0.717, 1.165) is 32.6 Å². The van der Waals surface area contributed by atoms with Crippen molar-refractivity contribution in [2.75, 3.05) is 0 Å². The van der Waals surface area contributed by atoms with Crippen LogP contribution in [0.2, 0.25) is 0 Å². The lowest BCUT2D eigenvalue weighted by Gasteiger charge is -2.40. The lowest BCUT2D eigenvalue weighted by atomic mass is 9.80. The lowest BCUT2D eigenvalue weighted by molar-refractivity contribution is -0.240. The molecular weight excluding hydrogens is 269 g/mol. The minimum atomic E-state index is -4.56. The van der Waals surface area contributed by atoms with Crippen LogP contribution >= 0.6 is 0 Å². The van der Waals surface area contributed by atoms with E-state index in [1.165, 1.54) is 6.92 Å². The van der Waals surface area contributed by atoms with Crippen LogP contribution in [0.25, 0.3) is 0 Å². The second-order valence-corrected chi connectivity index (χ2v) is 6.57. The van der Waals surface area contributed by atoms with Gasteiger partial charge in [0.05, 0.1) is 0 Å². The molecule has 2 rings (SSSR count). The third kappa shape index (κ3) is 2.23. The molecule has 5 heteroatoms. The average molecular weight is 292 g/mol. The van der Waals surface area contributed by atoms with Gasteiger partial charge in [-0.2, -0.15) is 13.2 Å². The highest BCUT2D eigenvalue weighted by Gasteiger charge is 2.60. The number of carbonyl (C=O) groups excluding carboxylic acids is 1. The summed E-state index contributed by atoms with van der Waals surface area (Å²) in [6, 6.07) is 0. The standard InChI is InChI=1S/C15H23F3O2/c1-4-13(3,15(16,17)18)12(19)20-14(5-2)9-10-6-7-11(14)8-10/h10-11H,4-9H2,1-3H3. The van der Waals surface area contributed by atoms with Crippen molar-refractivity contribution in [3.63, 3.8) is 0 Å². The summed E-state index contributed by atoms with van der Waals surface area (Å²) in [7, 11) is 0. The zero-order valence-electron chi connectivity index (χ0n) is 12.3. The van der Waals surface area contributed by atoms with Crippen LogP contribution in [0.1, 0.15) is 59.3 Å². The van der Waals surface area contributed by atoms with Crippen LogP contribution in [-0.4, -0.2) is 17.7 Å². The summed E-state index contributed by atoms with van der Waals surface area (Å²) in [5.41, 5.74) is -3.04. The Balaban J connectivity index is 2.18. The molecule has 0 N–H and O–H groups in total. The minimum absolute atomic E-state index is 0.246. The topological polar surface area (TPSA) is 26.3 Å². The first-order valence-corrected chi connectivity index (χ1v) is 7.48. The van der Waals surface area contributed by atoms with E-state index in [9.17, 15) is 18.0 Å². The Hall–Kier alpha value is -0.740. The highest BCUT2D eigenvalue weighted by Crippen LogP contribution is 2.55. The first-order chi connectivity index (χ1) is 9.18. The molecule has 2 nitrogen and oxygen atoms in total. The largest absolute Gasteiger partial charge is 0.458 e. The van der Waals surface area contributed by atoms with Crippen LogP contribution in [0.5, 0.6) is 0 Å². The summed E-state index contributed by atoms with van der Waals surface area (Å²) in [5.74, 6) is -0.329. The van der Waals surface area contributed by atoms with Crippen molar-refractivity contribution in [1.82, 2.24) is 0 Å². The van der Waals surface area contributed by atoms with E-state index in [2.05, 4.69) is 0 Å². The second-order valence-electron chi connectivity index (χ2n) is 6.57. The number of esters is 1. The van der Waals surface area contributed by atoms with E-state index in [0.29, 0.717) is 12.3 Å². The highest BCUT2D eigenvalue weighted by molar-refractivity contribution is 5.78. The first kappa shape index (κ1) is 15.6. The summed E-state index contributed by atoms with van der Waals surface area (Å²) in [4.78, 5) is 12.2. The van der Waals surface area contributed by atoms with Crippen LogP contribution in [0.15, 0.2) is 0 Å². The average Bonchev–Trinajstić information content (AvgIpc) is 2.96. The van der Waals surface area contributed by atoms with Crippen molar-refractivity contribution >= 4 is 5.97 Å². The van der Waals surface area contributed by atoms with Crippen molar-refractivity contribution in [3.05, 3.63) is 0 Å². The van der Waals surface area contributed by atoms with Crippen LogP contribution in [-0.2, 0) is 9.53 Å². The number of fused-ring (bicyclic) bond motifs is 2. The van der Waals surface area contributed by atoms with Gasteiger partial charge < -0.3 is 4.74 Å². The Morgan fingerprint density at radius 1 is 1.30 bits per heavy atom. The molecule has 0 spiro atoms. The number of hydrogen-bond acceptors (Lipinski definition) is 2. The quantitative estimate of drug-likeness (QED) is 0.714. The van der Waals surface area contributed by atoms with Crippen molar-refractivity contribution in [2.24, 2.45) is 17.3 Å². The van der Waals surface area contributed by atoms with E-state index < -0.39 is 23.2 Å². The van der Waals surface area contributed by atoms with E-state index >= 15 is 0 Å². The third-order valence-electron chi connectivity index (χ3n) is 5.60. The van der Waals surface area contributed by atoms with Gasteiger partial charge >= 0.3 is 12.1 Å². The second kappa shape index (κ2) is 4.92. The molecule has 0 aromatic rings. The van der Waals surface area contributed by atoms with Gasteiger partial charge in [-0.1, -0.05) is 13.8 Å². The molecule has 0 heterocycles. The smallest absolute Gasteiger partial charge is 0.404 e. The fourth-order valence-electron chi connectivity index (χ4n) is 3.78. The molecule has 116 valence electrons. The lowest BCUT2D eigenvalue weighted by Crippen LogP contribution is -2.49. The van der Waals surface area contributed by atoms with Crippen molar-refractivity contribution in [1.29, 1.82) is 0 Å². The highest BCUT2D eigenvalue weighted by atomic mass is 19.4. The van der Waals surface area contributed by atoms with Gasteiger partial charge in [-0.05, 0) is 57.3 Å². The molecule has 0 radical (unpaired) electrons. The SMILES string of the molecule is CCC1(OC(=O)C(C)(CC)C(F)(F)F)CC2CCC1C2. The van der Waals surface area contributed by atoms with E-state index in [-0.39, 0.29) is 12.3 Å². The molecule has 2 saturated carbocycles. The molecule has 0 aromatic carbocycles. The molecule has 4 unspecified atom stereocenters. The molecule has 0 saturated heterocycles. The van der Waals surface area contributed by atoms with Crippen LogP contribution in [0, 0.1) is 17.3 Å². The van der Waals surface area contributed by atoms with Gasteiger partial charge in [-0.15, -0.1) is 0 Å². The molecule has 4 atom stereocenters. The van der Waals surface area contributed by atoms with Crippen molar-refractivity contribution < 1.29 is 22.7 Å². The van der Waals surface area contributed by atoms with E-state index in [1.807, 2.05) is 6.92 Å². The number of hydrogen-bond donors (Lipinski definition) is 0. The van der Waals surface area contributed by atoms with E-state index in [1.54, 1.807) is 0 Å². The van der Waals surface area contributed by atoms with Crippen molar-refractivity contribution in [3.8, 4) is 0 Å². The van der Waals surface area contributed by atoms with Crippen LogP contribution in [0.4, 0.5) is 13.2 Å². The predicted octanol–water partition coefficient (Wildman–Crippen LogP) is 4.48.